The van der Waals surface area contributed by atoms with Crippen LogP contribution in [0.1, 0.15) is 66.2 Å². The maximum absolute atomic E-state index is 13.1. The second kappa shape index (κ2) is 7.85. The molecule has 2 N–H and O–H groups in total. The predicted molar refractivity (Wildman–Crippen MR) is 106 cm³/mol. The Morgan fingerprint density at radius 3 is 2.57 bits per heavy atom. The molecule has 1 aromatic rings. The molecule has 3 aliphatic rings. The molecule has 2 fully saturated rings. The van der Waals surface area contributed by atoms with Crippen LogP contribution in [0, 0.1) is 23.7 Å². The summed E-state index contributed by atoms with van der Waals surface area (Å²) < 4.78 is 5.38. The van der Waals surface area contributed by atoms with Crippen LogP contribution in [0.25, 0.3) is 0 Å². The van der Waals surface area contributed by atoms with E-state index in [1.807, 2.05) is 6.92 Å². The first-order valence-corrected chi connectivity index (χ1v) is 11.2. The molecule has 1 amide bonds. The number of thiophene rings is 1. The van der Waals surface area contributed by atoms with E-state index in [2.05, 4.69) is 5.32 Å². The fourth-order valence-corrected chi connectivity index (χ4v) is 6.64. The molecular weight excluding hydrogens is 378 g/mol. The van der Waals surface area contributed by atoms with E-state index in [0.29, 0.717) is 17.2 Å². The lowest BCUT2D eigenvalue weighted by molar-refractivity contribution is -0.148. The topological polar surface area (TPSA) is 92.7 Å². The van der Waals surface area contributed by atoms with Gasteiger partial charge in [0.15, 0.2) is 0 Å². The van der Waals surface area contributed by atoms with Crippen molar-refractivity contribution in [2.45, 2.75) is 58.3 Å². The van der Waals surface area contributed by atoms with Crippen LogP contribution in [0.3, 0.4) is 0 Å². The van der Waals surface area contributed by atoms with Crippen molar-refractivity contribution in [2.75, 3.05) is 11.9 Å². The van der Waals surface area contributed by atoms with Crippen LogP contribution < -0.4 is 5.32 Å². The van der Waals surface area contributed by atoms with Crippen molar-refractivity contribution in [3.05, 3.63) is 16.0 Å². The van der Waals surface area contributed by atoms with Crippen LogP contribution in [0.2, 0.25) is 0 Å². The number of anilines is 1. The average Bonchev–Trinajstić information content (AvgIpc) is 3.37. The molecule has 4 rings (SSSR count). The van der Waals surface area contributed by atoms with Gasteiger partial charge in [0.2, 0.25) is 5.91 Å². The minimum absolute atomic E-state index is 0.101. The number of fused-ring (bicyclic) bond motifs is 3. The molecular formula is C21H27NO5S. The van der Waals surface area contributed by atoms with Crippen LogP contribution in [-0.2, 0) is 27.2 Å². The van der Waals surface area contributed by atoms with E-state index < -0.39 is 17.8 Å². The van der Waals surface area contributed by atoms with Crippen molar-refractivity contribution < 1.29 is 24.2 Å². The fourth-order valence-electron chi connectivity index (χ4n) is 5.36. The van der Waals surface area contributed by atoms with E-state index >= 15 is 0 Å². The van der Waals surface area contributed by atoms with E-state index in [9.17, 15) is 19.5 Å². The number of aliphatic carboxylic acids is 1. The number of carbonyl (C=O) groups is 3. The van der Waals surface area contributed by atoms with Crippen molar-refractivity contribution >= 4 is 34.2 Å². The summed E-state index contributed by atoms with van der Waals surface area (Å²) in [4.78, 5) is 38.7. The van der Waals surface area contributed by atoms with Crippen molar-refractivity contribution in [1.29, 1.82) is 0 Å². The maximum Gasteiger partial charge on any atom is 0.341 e. The quantitative estimate of drug-likeness (QED) is 0.701. The third-order valence-electron chi connectivity index (χ3n) is 6.55. The summed E-state index contributed by atoms with van der Waals surface area (Å²) in [5.41, 5.74) is 1.51. The van der Waals surface area contributed by atoms with E-state index in [4.69, 9.17) is 4.74 Å². The molecule has 0 radical (unpaired) electrons. The van der Waals surface area contributed by atoms with Crippen molar-refractivity contribution in [3.8, 4) is 0 Å². The van der Waals surface area contributed by atoms with Gasteiger partial charge in [-0.15, -0.1) is 11.3 Å². The summed E-state index contributed by atoms with van der Waals surface area (Å²) in [7, 11) is 0. The Hall–Kier alpha value is -1.89. The molecule has 28 heavy (non-hydrogen) atoms. The third-order valence-corrected chi connectivity index (χ3v) is 7.76. The Bertz CT molecular complexity index is 801. The lowest BCUT2D eigenvalue weighted by Crippen LogP contribution is -2.38. The Labute approximate surface area is 168 Å². The van der Waals surface area contributed by atoms with Gasteiger partial charge in [-0.05, 0) is 68.8 Å². The molecule has 0 aliphatic heterocycles. The van der Waals surface area contributed by atoms with Gasteiger partial charge in [-0.3, -0.25) is 9.59 Å². The molecule has 3 aliphatic carbocycles. The molecule has 2 saturated carbocycles. The first-order valence-electron chi connectivity index (χ1n) is 10.4. The average molecular weight is 406 g/mol. The largest absolute Gasteiger partial charge is 0.481 e. The van der Waals surface area contributed by atoms with Gasteiger partial charge in [0.25, 0.3) is 0 Å². The lowest BCUT2D eigenvalue weighted by Gasteiger charge is -2.27. The van der Waals surface area contributed by atoms with Crippen LogP contribution in [0.15, 0.2) is 0 Å². The van der Waals surface area contributed by atoms with Gasteiger partial charge in [0.1, 0.15) is 5.00 Å². The first-order chi connectivity index (χ1) is 13.5. The van der Waals surface area contributed by atoms with E-state index in [0.717, 1.165) is 61.8 Å². The van der Waals surface area contributed by atoms with Crippen molar-refractivity contribution in [3.63, 3.8) is 0 Å². The molecule has 0 aromatic carbocycles. The van der Waals surface area contributed by atoms with E-state index in [1.54, 1.807) is 0 Å². The van der Waals surface area contributed by atoms with Gasteiger partial charge >= 0.3 is 11.9 Å². The number of carboxylic acids is 1. The van der Waals surface area contributed by atoms with Crippen LogP contribution in [0.4, 0.5) is 5.00 Å². The summed E-state index contributed by atoms with van der Waals surface area (Å²) in [5, 5.41) is 13.1. The molecule has 4 atom stereocenters. The molecule has 152 valence electrons. The second-order valence-electron chi connectivity index (χ2n) is 8.26. The molecule has 7 heteroatoms. The standard InChI is InChI=1S/C21H27NO5S/c1-2-9-27-21(26)17-13-5-3-4-6-14(13)28-19(17)22-18(23)15-11-7-8-12(10-11)16(15)20(24)25/h11-12,15-16H,2-10H2,1H3,(H,22,23)(H,24,25)/t11-,12-,15+,16+/m0/s1. The predicted octanol–water partition coefficient (Wildman–Crippen LogP) is 3.88. The first kappa shape index (κ1) is 19.4. The lowest BCUT2D eigenvalue weighted by atomic mass is 9.78. The number of carboxylic acid groups (broad SMARTS) is 1. The number of esters is 1. The zero-order valence-electron chi connectivity index (χ0n) is 16.2. The summed E-state index contributed by atoms with van der Waals surface area (Å²) in [6.45, 7) is 2.30. The van der Waals surface area contributed by atoms with Crippen molar-refractivity contribution in [2.24, 2.45) is 23.7 Å². The summed E-state index contributed by atoms with van der Waals surface area (Å²) in [6, 6.07) is 0. The Morgan fingerprint density at radius 2 is 1.86 bits per heavy atom. The normalized spacial score (nSPS) is 28.0. The molecule has 0 spiro atoms. The Balaban J connectivity index is 1.60. The number of ether oxygens (including phenoxy) is 1. The molecule has 1 heterocycles. The highest BCUT2D eigenvalue weighted by atomic mass is 32.1. The fraction of sp³-hybridized carbons (Fsp3) is 0.667. The van der Waals surface area contributed by atoms with E-state index in [-0.39, 0.29) is 23.7 Å². The highest BCUT2D eigenvalue weighted by Crippen LogP contribution is 2.53. The highest BCUT2D eigenvalue weighted by molar-refractivity contribution is 7.17. The van der Waals surface area contributed by atoms with Gasteiger partial charge in [-0.2, -0.15) is 0 Å². The molecule has 0 unspecified atom stereocenters. The molecule has 1 aromatic heterocycles. The number of hydrogen-bond acceptors (Lipinski definition) is 5. The number of aryl methyl sites for hydroxylation is 1. The summed E-state index contributed by atoms with van der Waals surface area (Å²) >= 11 is 1.46. The molecule has 6 nitrogen and oxygen atoms in total. The molecule has 2 bridgehead atoms. The number of amides is 1. The number of rotatable bonds is 6. The minimum atomic E-state index is -0.875. The van der Waals surface area contributed by atoms with Gasteiger partial charge < -0.3 is 15.2 Å². The van der Waals surface area contributed by atoms with Gasteiger partial charge in [0, 0.05) is 4.88 Å². The smallest absolute Gasteiger partial charge is 0.341 e. The zero-order chi connectivity index (χ0) is 19.8. The number of hydrogen-bond donors (Lipinski definition) is 2. The highest BCUT2D eigenvalue weighted by Gasteiger charge is 2.54. The molecule has 0 saturated heterocycles. The Morgan fingerprint density at radius 1 is 1.14 bits per heavy atom. The number of carbonyl (C=O) groups excluding carboxylic acids is 2. The third kappa shape index (κ3) is 3.34. The van der Waals surface area contributed by atoms with Crippen LogP contribution in [0.5, 0.6) is 0 Å². The SMILES string of the molecule is CCCOC(=O)c1c(NC(=O)[C@@H]2[C@H]3CC[C@@H](C3)[C@H]2C(=O)O)sc2c1CCCC2. The monoisotopic (exact) mass is 405 g/mol. The maximum atomic E-state index is 13.1. The van der Waals surface area contributed by atoms with Crippen LogP contribution >= 0.6 is 11.3 Å². The van der Waals surface area contributed by atoms with Gasteiger partial charge in [0.05, 0.1) is 24.0 Å². The number of nitrogens with one attached hydrogen (secondary N) is 1. The van der Waals surface area contributed by atoms with E-state index in [1.165, 1.54) is 11.3 Å². The van der Waals surface area contributed by atoms with Crippen LogP contribution in [-0.4, -0.2) is 29.6 Å². The van der Waals surface area contributed by atoms with Crippen molar-refractivity contribution in [1.82, 2.24) is 0 Å². The minimum Gasteiger partial charge on any atom is -0.481 e. The van der Waals surface area contributed by atoms with Gasteiger partial charge in [-0.25, -0.2) is 4.79 Å². The second-order valence-corrected chi connectivity index (χ2v) is 9.37. The zero-order valence-corrected chi connectivity index (χ0v) is 17.0. The van der Waals surface area contributed by atoms with Gasteiger partial charge in [-0.1, -0.05) is 6.92 Å². The Kier molecular flexibility index (Phi) is 5.45. The summed E-state index contributed by atoms with van der Waals surface area (Å²) in [6.07, 6.45) is 7.22. The summed E-state index contributed by atoms with van der Waals surface area (Å²) in [5.74, 6) is -2.37.